The first-order chi connectivity index (χ1) is 22.5. The number of hydrogen-bond donors (Lipinski definition) is 2. The Labute approximate surface area is 263 Å². The van der Waals surface area contributed by atoms with Crippen molar-refractivity contribution in [3.05, 3.63) is 107 Å². The number of aromatic nitrogens is 10. The highest BCUT2D eigenvalue weighted by molar-refractivity contribution is 5.92. The number of fused-ring (bicyclic) bond motifs is 2. The van der Waals surface area contributed by atoms with Crippen LogP contribution in [0, 0.1) is 26.3 Å². The van der Waals surface area contributed by atoms with Gasteiger partial charge in [0.15, 0.2) is 11.3 Å². The van der Waals surface area contributed by atoms with E-state index < -0.39 is 0 Å². The van der Waals surface area contributed by atoms with E-state index in [1.54, 1.807) is 24.8 Å². The van der Waals surface area contributed by atoms with Gasteiger partial charge in [-0.25, -0.2) is 26.3 Å². The SMILES string of the molecule is [C-]#[N+]CC1(n2cc(-c3cnnc4[nH]ccc34)cn2)CC([N+]#[C-])C1.[C-]#[N+]CC1(n2cc(-c3cnnc4[nH]ccc34)cn2)CC([N+]#[C-])C1. The van der Waals surface area contributed by atoms with Gasteiger partial charge in [0.05, 0.1) is 50.5 Å². The third kappa shape index (κ3) is 4.70. The van der Waals surface area contributed by atoms with Crippen LogP contribution in [0.25, 0.3) is 63.7 Å². The van der Waals surface area contributed by atoms with Crippen LogP contribution in [0.1, 0.15) is 25.7 Å². The van der Waals surface area contributed by atoms with E-state index >= 15 is 0 Å². The minimum absolute atomic E-state index is 0.00312. The lowest BCUT2D eigenvalue weighted by molar-refractivity contribution is 0.135. The summed E-state index contributed by atoms with van der Waals surface area (Å²) in [6, 6.07) is 3.93. The Balaban J connectivity index is 0.000000147. The van der Waals surface area contributed by atoms with Crippen molar-refractivity contribution < 1.29 is 0 Å². The van der Waals surface area contributed by atoms with Crippen molar-refractivity contribution in [3.8, 4) is 22.3 Å². The molecule has 0 radical (unpaired) electrons. The molecular formula is C32H26N14. The van der Waals surface area contributed by atoms with Crippen molar-refractivity contribution >= 4 is 22.1 Å². The number of rotatable bonds is 6. The van der Waals surface area contributed by atoms with Gasteiger partial charge < -0.3 is 29.3 Å². The van der Waals surface area contributed by atoms with Gasteiger partial charge >= 0.3 is 0 Å². The summed E-state index contributed by atoms with van der Waals surface area (Å²) in [7, 11) is 0. The number of nitrogens with one attached hydrogen (secondary N) is 2. The van der Waals surface area contributed by atoms with Gasteiger partial charge in [-0.05, 0) is 12.1 Å². The molecule has 0 atom stereocenters. The normalized spacial score (nSPS) is 23.1. The summed E-state index contributed by atoms with van der Waals surface area (Å²) < 4.78 is 3.72. The zero-order valence-corrected chi connectivity index (χ0v) is 24.5. The van der Waals surface area contributed by atoms with Gasteiger partial charge in [0, 0.05) is 57.8 Å². The highest BCUT2D eigenvalue weighted by atomic mass is 15.3. The third-order valence-corrected chi connectivity index (χ3v) is 9.05. The largest absolute Gasteiger partial charge is 0.345 e. The minimum Gasteiger partial charge on any atom is -0.345 e. The molecule has 2 saturated carbocycles. The number of nitrogens with zero attached hydrogens (tertiary/aromatic N) is 12. The fourth-order valence-electron chi connectivity index (χ4n) is 6.54. The first kappa shape index (κ1) is 28.4. The summed E-state index contributed by atoms with van der Waals surface area (Å²) in [6.45, 7) is 29.4. The molecule has 14 heteroatoms. The van der Waals surface area contributed by atoms with Crippen LogP contribution in [-0.2, 0) is 11.1 Å². The lowest BCUT2D eigenvalue weighted by Gasteiger charge is -2.37. The standard InChI is InChI=1S/2C16H13N7/c2*1-17-10-16(5-12(6-16)18-2)23-9-11(7-21-23)14-8-20-22-15-13(14)3-4-19-15/h2*3-4,7-9,12H,5-6,10H2,(H,19,22). The molecule has 2 aliphatic carbocycles. The fraction of sp³-hybridized carbons (Fsp3) is 0.312. The quantitative estimate of drug-likeness (QED) is 0.255. The number of aromatic amines is 2. The first-order valence-electron chi connectivity index (χ1n) is 14.6. The molecule has 224 valence electrons. The minimum atomic E-state index is -0.340. The molecule has 0 aliphatic heterocycles. The van der Waals surface area contributed by atoms with Crippen molar-refractivity contribution in [2.75, 3.05) is 13.1 Å². The molecule has 2 aliphatic rings. The summed E-state index contributed by atoms with van der Waals surface area (Å²) in [5.74, 6) is 0. The van der Waals surface area contributed by atoms with Crippen molar-refractivity contribution in [2.24, 2.45) is 0 Å². The predicted molar refractivity (Wildman–Crippen MR) is 168 cm³/mol. The highest BCUT2D eigenvalue weighted by Crippen LogP contribution is 2.43. The summed E-state index contributed by atoms with van der Waals surface area (Å²) in [6.07, 6.45) is 17.4. The Kier molecular flexibility index (Phi) is 6.96. The maximum Gasteiger partial charge on any atom is 0.240 e. The van der Waals surface area contributed by atoms with Gasteiger partial charge in [-0.2, -0.15) is 20.4 Å². The average molecular weight is 607 g/mol. The molecule has 0 spiro atoms. The van der Waals surface area contributed by atoms with Gasteiger partial charge in [-0.3, -0.25) is 9.36 Å². The molecule has 6 heterocycles. The van der Waals surface area contributed by atoms with E-state index in [0.717, 1.165) is 44.3 Å². The second-order valence-corrected chi connectivity index (χ2v) is 11.8. The molecule has 6 aromatic rings. The molecule has 14 nitrogen and oxygen atoms in total. The van der Waals surface area contributed by atoms with E-state index in [-0.39, 0.29) is 23.2 Å². The lowest BCUT2D eigenvalue weighted by Crippen LogP contribution is -2.50. The summed E-state index contributed by atoms with van der Waals surface area (Å²) in [4.78, 5) is 20.4. The molecule has 0 amide bonds. The van der Waals surface area contributed by atoms with Gasteiger partial charge in [0.2, 0.25) is 25.2 Å². The van der Waals surface area contributed by atoms with Crippen molar-refractivity contribution in [2.45, 2.75) is 48.8 Å². The zero-order chi connectivity index (χ0) is 31.7. The molecule has 2 N–H and O–H groups in total. The Morgan fingerprint density at radius 3 is 1.50 bits per heavy atom. The topological polar surface area (TPSA) is 136 Å². The summed E-state index contributed by atoms with van der Waals surface area (Å²) in [5.41, 5.74) is 4.61. The van der Waals surface area contributed by atoms with E-state index in [1.165, 1.54) is 0 Å². The van der Waals surface area contributed by atoms with E-state index in [0.29, 0.717) is 38.8 Å². The van der Waals surface area contributed by atoms with E-state index in [9.17, 15) is 0 Å². The molecular weight excluding hydrogens is 580 g/mol. The van der Waals surface area contributed by atoms with Crippen LogP contribution >= 0.6 is 0 Å². The number of H-pyrrole nitrogens is 2. The van der Waals surface area contributed by atoms with Crippen LogP contribution in [0.2, 0.25) is 0 Å². The Bertz CT molecular complexity index is 2050. The second-order valence-electron chi connectivity index (χ2n) is 11.8. The fourth-order valence-corrected chi connectivity index (χ4v) is 6.54. The van der Waals surface area contributed by atoms with Crippen LogP contribution in [0.4, 0.5) is 0 Å². The molecule has 0 saturated heterocycles. The van der Waals surface area contributed by atoms with Crippen molar-refractivity contribution in [1.82, 2.24) is 49.9 Å². The monoisotopic (exact) mass is 606 g/mol. The molecule has 2 fully saturated rings. The van der Waals surface area contributed by atoms with Gasteiger partial charge in [0.1, 0.15) is 11.1 Å². The van der Waals surface area contributed by atoms with Crippen LogP contribution in [0.5, 0.6) is 0 Å². The Morgan fingerprint density at radius 1 is 0.674 bits per heavy atom. The van der Waals surface area contributed by atoms with Crippen LogP contribution in [0.3, 0.4) is 0 Å². The Morgan fingerprint density at radius 2 is 1.11 bits per heavy atom. The van der Waals surface area contributed by atoms with E-state index in [4.69, 9.17) is 26.3 Å². The van der Waals surface area contributed by atoms with Gasteiger partial charge in [-0.15, -0.1) is 10.2 Å². The summed E-state index contributed by atoms with van der Waals surface area (Å²) in [5, 5.41) is 27.1. The molecule has 0 aromatic carbocycles. The molecule has 6 aromatic heterocycles. The van der Waals surface area contributed by atoms with Crippen LogP contribution < -0.4 is 0 Å². The molecule has 0 unspecified atom stereocenters. The summed E-state index contributed by atoms with van der Waals surface area (Å²) >= 11 is 0. The van der Waals surface area contributed by atoms with Gasteiger partial charge in [0.25, 0.3) is 0 Å². The Hall–Kier alpha value is -6.38. The van der Waals surface area contributed by atoms with E-state index in [2.05, 4.69) is 59.9 Å². The van der Waals surface area contributed by atoms with Crippen molar-refractivity contribution in [1.29, 1.82) is 0 Å². The molecule has 8 rings (SSSR count). The maximum atomic E-state index is 7.21. The van der Waals surface area contributed by atoms with Crippen LogP contribution in [0.15, 0.2) is 61.7 Å². The highest BCUT2D eigenvalue weighted by Gasteiger charge is 2.54. The smallest absolute Gasteiger partial charge is 0.240 e. The zero-order valence-electron chi connectivity index (χ0n) is 24.5. The lowest BCUT2D eigenvalue weighted by atomic mass is 9.73. The maximum absolute atomic E-state index is 7.21. The average Bonchev–Trinajstić information content (AvgIpc) is 3.87. The predicted octanol–water partition coefficient (Wildman–Crippen LogP) is 5.04. The third-order valence-electron chi connectivity index (χ3n) is 9.05. The van der Waals surface area contributed by atoms with E-state index in [1.807, 2.05) is 46.3 Å². The van der Waals surface area contributed by atoms with Crippen molar-refractivity contribution in [3.63, 3.8) is 0 Å². The van der Waals surface area contributed by atoms with Crippen LogP contribution in [-0.4, -0.2) is 75.1 Å². The number of hydrogen-bond acceptors (Lipinski definition) is 6. The molecule has 46 heavy (non-hydrogen) atoms. The molecule has 0 bridgehead atoms. The first-order valence-corrected chi connectivity index (χ1v) is 14.6. The second kappa shape index (κ2) is 11.3. The van der Waals surface area contributed by atoms with Gasteiger partial charge in [-0.1, -0.05) is 0 Å².